The fraction of sp³-hybridized carbons (Fsp3) is 0.929. The molecule has 0 radical (unpaired) electrons. The molecule has 0 aromatic carbocycles. The standard InChI is InChI=1S/C14H29N3O3S/c1-3-7-16-14(2,13(15)18)6-4-8-17-9-5-11-21(19,20)12-10-17/h16H,3-12H2,1-2H3,(H2,15,18). The maximum atomic E-state index is 11.6. The van der Waals surface area contributed by atoms with Crippen molar-refractivity contribution in [1.82, 2.24) is 10.2 Å². The van der Waals surface area contributed by atoms with Gasteiger partial charge < -0.3 is 16.0 Å². The third kappa shape index (κ3) is 6.32. The fourth-order valence-electron chi connectivity index (χ4n) is 2.57. The zero-order valence-electron chi connectivity index (χ0n) is 13.2. The maximum absolute atomic E-state index is 11.6. The Labute approximate surface area is 128 Å². The minimum Gasteiger partial charge on any atom is -0.368 e. The Hall–Kier alpha value is -0.660. The molecule has 6 nitrogen and oxygen atoms in total. The van der Waals surface area contributed by atoms with Crippen molar-refractivity contribution in [3.63, 3.8) is 0 Å². The highest BCUT2D eigenvalue weighted by Gasteiger charge is 2.29. The molecule has 1 fully saturated rings. The quantitative estimate of drug-likeness (QED) is 0.663. The van der Waals surface area contributed by atoms with E-state index in [1.165, 1.54) is 0 Å². The number of carbonyl (C=O) groups excluding carboxylic acids is 1. The monoisotopic (exact) mass is 319 g/mol. The molecule has 0 aromatic rings. The summed E-state index contributed by atoms with van der Waals surface area (Å²) in [5.74, 6) is 0.212. The van der Waals surface area contributed by atoms with Crippen LogP contribution in [0.2, 0.25) is 0 Å². The molecule has 0 spiro atoms. The van der Waals surface area contributed by atoms with Gasteiger partial charge in [0.05, 0.1) is 17.0 Å². The van der Waals surface area contributed by atoms with Crippen LogP contribution in [0.5, 0.6) is 0 Å². The van der Waals surface area contributed by atoms with E-state index in [0.717, 1.165) is 32.5 Å². The SMILES string of the molecule is CCCNC(C)(CCCN1CCCS(=O)(=O)CC1)C(N)=O. The van der Waals surface area contributed by atoms with Crippen LogP contribution < -0.4 is 11.1 Å². The molecule has 3 N–H and O–H groups in total. The summed E-state index contributed by atoms with van der Waals surface area (Å²) in [5, 5.41) is 3.22. The summed E-state index contributed by atoms with van der Waals surface area (Å²) in [4.78, 5) is 13.8. The summed E-state index contributed by atoms with van der Waals surface area (Å²) in [6.07, 6.45) is 3.15. The summed E-state index contributed by atoms with van der Waals surface area (Å²) < 4.78 is 23.1. The van der Waals surface area contributed by atoms with E-state index in [0.29, 0.717) is 25.1 Å². The molecule has 0 aliphatic carbocycles. The molecular formula is C14H29N3O3S. The van der Waals surface area contributed by atoms with Crippen molar-refractivity contribution in [2.45, 2.75) is 45.1 Å². The van der Waals surface area contributed by atoms with Crippen LogP contribution in [0.25, 0.3) is 0 Å². The van der Waals surface area contributed by atoms with Crippen LogP contribution >= 0.6 is 0 Å². The predicted octanol–water partition coefficient (Wildman–Crippen LogP) is 0.131. The molecule has 124 valence electrons. The summed E-state index contributed by atoms with van der Waals surface area (Å²) in [6, 6.07) is 0. The number of hydrogen-bond donors (Lipinski definition) is 2. The lowest BCUT2D eigenvalue weighted by atomic mass is 9.94. The minimum atomic E-state index is -2.86. The fourth-order valence-corrected chi connectivity index (χ4v) is 3.88. The van der Waals surface area contributed by atoms with Crippen LogP contribution in [-0.2, 0) is 14.6 Å². The molecule has 0 bridgehead atoms. The highest BCUT2D eigenvalue weighted by molar-refractivity contribution is 7.91. The van der Waals surface area contributed by atoms with E-state index in [9.17, 15) is 13.2 Å². The summed E-state index contributed by atoms with van der Waals surface area (Å²) in [6.45, 7) is 6.88. The molecule has 1 amide bonds. The highest BCUT2D eigenvalue weighted by Crippen LogP contribution is 2.14. The molecule has 1 saturated heterocycles. The Kier molecular flexibility index (Phi) is 7.09. The third-order valence-electron chi connectivity index (χ3n) is 4.11. The Balaban J connectivity index is 2.41. The molecule has 1 aliphatic rings. The van der Waals surface area contributed by atoms with E-state index < -0.39 is 15.4 Å². The summed E-state index contributed by atoms with van der Waals surface area (Å²) in [7, 11) is -2.86. The van der Waals surface area contributed by atoms with Gasteiger partial charge in [-0.2, -0.15) is 0 Å². The Morgan fingerprint density at radius 3 is 2.67 bits per heavy atom. The third-order valence-corrected chi connectivity index (χ3v) is 5.82. The highest BCUT2D eigenvalue weighted by atomic mass is 32.2. The van der Waals surface area contributed by atoms with E-state index in [1.54, 1.807) is 0 Å². The van der Waals surface area contributed by atoms with Crippen molar-refractivity contribution in [2.75, 3.05) is 37.7 Å². The predicted molar refractivity (Wildman–Crippen MR) is 84.8 cm³/mol. The largest absolute Gasteiger partial charge is 0.368 e. The first kappa shape index (κ1) is 18.4. The summed E-state index contributed by atoms with van der Waals surface area (Å²) >= 11 is 0. The Morgan fingerprint density at radius 2 is 2.05 bits per heavy atom. The van der Waals surface area contributed by atoms with Gasteiger partial charge in [0.1, 0.15) is 0 Å². The number of rotatable bonds is 8. The van der Waals surface area contributed by atoms with Gasteiger partial charge in [0, 0.05) is 6.54 Å². The zero-order chi connectivity index (χ0) is 15.9. The summed E-state index contributed by atoms with van der Waals surface area (Å²) in [5.41, 5.74) is 4.82. The Bertz CT molecular complexity index is 439. The van der Waals surface area contributed by atoms with Crippen molar-refractivity contribution in [2.24, 2.45) is 5.73 Å². The number of nitrogens with one attached hydrogen (secondary N) is 1. The number of primary amides is 1. The number of hydrogen-bond acceptors (Lipinski definition) is 5. The molecule has 21 heavy (non-hydrogen) atoms. The Morgan fingerprint density at radius 1 is 1.33 bits per heavy atom. The smallest absolute Gasteiger partial charge is 0.237 e. The lowest BCUT2D eigenvalue weighted by molar-refractivity contribution is -0.124. The first-order valence-electron chi connectivity index (χ1n) is 7.77. The number of nitrogens with zero attached hydrogens (tertiary/aromatic N) is 1. The van der Waals surface area contributed by atoms with Crippen LogP contribution in [-0.4, -0.2) is 62.4 Å². The number of sulfone groups is 1. The van der Waals surface area contributed by atoms with E-state index in [1.807, 2.05) is 13.8 Å². The maximum Gasteiger partial charge on any atom is 0.237 e. The second-order valence-electron chi connectivity index (χ2n) is 6.07. The number of carbonyl (C=O) groups is 1. The van der Waals surface area contributed by atoms with Crippen LogP contribution in [0.3, 0.4) is 0 Å². The van der Waals surface area contributed by atoms with Gasteiger partial charge >= 0.3 is 0 Å². The van der Waals surface area contributed by atoms with Gasteiger partial charge in [-0.15, -0.1) is 0 Å². The second-order valence-corrected chi connectivity index (χ2v) is 8.38. The van der Waals surface area contributed by atoms with Crippen molar-refractivity contribution >= 4 is 15.7 Å². The molecule has 1 rings (SSSR count). The van der Waals surface area contributed by atoms with Gasteiger partial charge in [-0.25, -0.2) is 8.42 Å². The first-order chi connectivity index (χ1) is 9.79. The van der Waals surface area contributed by atoms with Crippen molar-refractivity contribution in [1.29, 1.82) is 0 Å². The van der Waals surface area contributed by atoms with E-state index >= 15 is 0 Å². The van der Waals surface area contributed by atoms with Crippen LogP contribution in [0.4, 0.5) is 0 Å². The van der Waals surface area contributed by atoms with E-state index in [4.69, 9.17) is 5.73 Å². The molecular weight excluding hydrogens is 290 g/mol. The molecule has 7 heteroatoms. The van der Waals surface area contributed by atoms with E-state index in [-0.39, 0.29) is 11.7 Å². The van der Waals surface area contributed by atoms with Gasteiger partial charge in [0.15, 0.2) is 9.84 Å². The van der Waals surface area contributed by atoms with Gasteiger partial charge in [0.2, 0.25) is 5.91 Å². The number of amides is 1. The normalized spacial score (nSPS) is 22.4. The molecule has 1 aliphatic heterocycles. The second kappa shape index (κ2) is 8.10. The van der Waals surface area contributed by atoms with Crippen molar-refractivity contribution in [3.05, 3.63) is 0 Å². The van der Waals surface area contributed by atoms with Gasteiger partial charge in [-0.3, -0.25) is 4.79 Å². The lowest BCUT2D eigenvalue weighted by Gasteiger charge is -2.29. The van der Waals surface area contributed by atoms with Crippen LogP contribution in [0.1, 0.15) is 39.5 Å². The van der Waals surface area contributed by atoms with Gasteiger partial charge in [0.25, 0.3) is 0 Å². The zero-order valence-corrected chi connectivity index (χ0v) is 14.0. The topological polar surface area (TPSA) is 92.5 Å². The van der Waals surface area contributed by atoms with E-state index in [2.05, 4.69) is 10.2 Å². The average molecular weight is 319 g/mol. The van der Waals surface area contributed by atoms with Gasteiger partial charge in [-0.1, -0.05) is 6.92 Å². The van der Waals surface area contributed by atoms with Crippen molar-refractivity contribution < 1.29 is 13.2 Å². The molecule has 0 saturated carbocycles. The lowest BCUT2D eigenvalue weighted by Crippen LogP contribution is -2.53. The number of nitrogens with two attached hydrogens (primary N) is 1. The van der Waals surface area contributed by atoms with Gasteiger partial charge in [-0.05, 0) is 52.2 Å². The van der Waals surface area contributed by atoms with Crippen LogP contribution in [0, 0.1) is 0 Å². The first-order valence-corrected chi connectivity index (χ1v) is 9.59. The molecule has 0 aromatic heterocycles. The van der Waals surface area contributed by atoms with Crippen molar-refractivity contribution in [3.8, 4) is 0 Å². The molecule has 1 atom stereocenters. The molecule has 1 unspecified atom stereocenters. The average Bonchev–Trinajstić information content (AvgIpc) is 2.57. The van der Waals surface area contributed by atoms with Crippen LogP contribution in [0.15, 0.2) is 0 Å². The minimum absolute atomic E-state index is 0.244. The molecule has 1 heterocycles.